The smallest absolute Gasteiger partial charge is 0.191 e. The van der Waals surface area contributed by atoms with E-state index in [-0.39, 0.29) is 17.5 Å². The van der Waals surface area contributed by atoms with Gasteiger partial charge in [-0.3, -0.25) is 4.99 Å². The van der Waals surface area contributed by atoms with Crippen molar-refractivity contribution in [1.29, 1.82) is 0 Å². The van der Waals surface area contributed by atoms with Crippen LogP contribution in [0.5, 0.6) is 0 Å². The maximum Gasteiger partial charge on any atom is 0.191 e. The molecule has 1 aromatic heterocycles. The Bertz CT molecular complexity index is 761. The number of nitrogens with zero attached hydrogens (tertiary/aromatic N) is 2. The average molecular weight is 362 g/mol. The first-order valence-electron chi connectivity index (χ1n) is 8.96. The molecule has 0 aliphatic heterocycles. The summed E-state index contributed by atoms with van der Waals surface area (Å²) in [4.78, 5) is 4.21. The first-order valence-corrected chi connectivity index (χ1v) is 8.96. The lowest BCUT2D eigenvalue weighted by molar-refractivity contribution is 0.380. The Kier molecular flexibility index (Phi) is 5.54. The number of rotatable bonds is 6. The average Bonchev–Trinajstić information content (AvgIpc) is 3.26. The number of aryl methyl sites for hydroxylation is 2. The van der Waals surface area contributed by atoms with Crippen LogP contribution in [0.2, 0.25) is 0 Å². The third-order valence-corrected chi connectivity index (χ3v) is 4.75. The molecule has 7 heteroatoms. The maximum absolute atomic E-state index is 13.9. The molecule has 0 spiro atoms. The van der Waals surface area contributed by atoms with Gasteiger partial charge in [-0.25, -0.2) is 8.78 Å². The fraction of sp³-hybridized carbons (Fsp3) is 0.474. The summed E-state index contributed by atoms with van der Waals surface area (Å²) in [7, 11) is 1.67. The van der Waals surface area contributed by atoms with Gasteiger partial charge in [0.15, 0.2) is 5.96 Å². The molecular formula is C19H24F2N4O. The van der Waals surface area contributed by atoms with Gasteiger partial charge in [0.25, 0.3) is 0 Å². The van der Waals surface area contributed by atoms with E-state index < -0.39 is 11.6 Å². The minimum atomic E-state index is -0.494. The van der Waals surface area contributed by atoms with Crippen molar-refractivity contribution < 1.29 is 13.3 Å². The molecule has 1 saturated carbocycles. The summed E-state index contributed by atoms with van der Waals surface area (Å²) < 4.78 is 33.2. The van der Waals surface area contributed by atoms with Crippen molar-refractivity contribution in [2.45, 2.75) is 51.6 Å². The summed E-state index contributed by atoms with van der Waals surface area (Å²) in [6.45, 7) is 4.60. The number of guanidine groups is 1. The molecule has 0 amide bonds. The van der Waals surface area contributed by atoms with Crippen molar-refractivity contribution in [2.24, 2.45) is 4.99 Å². The number of hydrogen-bond acceptors (Lipinski definition) is 3. The van der Waals surface area contributed by atoms with Crippen LogP contribution in [0.15, 0.2) is 27.7 Å². The van der Waals surface area contributed by atoms with Crippen LogP contribution in [0.25, 0.3) is 0 Å². The van der Waals surface area contributed by atoms with Crippen molar-refractivity contribution in [1.82, 2.24) is 15.8 Å². The van der Waals surface area contributed by atoms with Gasteiger partial charge in [0.2, 0.25) is 0 Å². The Hall–Kier alpha value is -2.44. The summed E-state index contributed by atoms with van der Waals surface area (Å²) >= 11 is 0. The third-order valence-electron chi connectivity index (χ3n) is 4.75. The molecule has 2 atom stereocenters. The van der Waals surface area contributed by atoms with Gasteiger partial charge in [-0.15, -0.1) is 0 Å². The molecule has 1 fully saturated rings. The zero-order chi connectivity index (χ0) is 18.7. The van der Waals surface area contributed by atoms with Crippen LogP contribution in [0.4, 0.5) is 8.78 Å². The summed E-state index contributed by atoms with van der Waals surface area (Å²) in [6.07, 6.45) is 2.24. The molecule has 2 N–H and O–H groups in total. The molecule has 0 saturated heterocycles. The van der Waals surface area contributed by atoms with Gasteiger partial charge in [0.1, 0.15) is 17.4 Å². The summed E-state index contributed by atoms with van der Waals surface area (Å²) in [5, 5.41) is 10.6. The molecule has 140 valence electrons. The molecule has 0 bridgehead atoms. The van der Waals surface area contributed by atoms with Gasteiger partial charge >= 0.3 is 0 Å². The molecular weight excluding hydrogens is 338 g/mol. The predicted molar refractivity (Wildman–Crippen MR) is 96.1 cm³/mol. The van der Waals surface area contributed by atoms with Gasteiger partial charge in [0, 0.05) is 43.1 Å². The molecule has 5 nitrogen and oxygen atoms in total. The highest BCUT2D eigenvalue weighted by Gasteiger charge is 2.42. The van der Waals surface area contributed by atoms with Crippen LogP contribution >= 0.6 is 0 Å². The number of aliphatic imine (C=N–C) groups is 1. The predicted octanol–water partition coefficient (Wildman–Crippen LogP) is 3.30. The summed E-state index contributed by atoms with van der Waals surface area (Å²) in [5.41, 5.74) is 2.13. The van der Waals surface area contributed by atoms with Crippen molar-refractivity contribution in [3.63, 3.8) is 0 Å². The Labute approximate surface area is 151 Å². The normalized spacial score (nSPS) is 19.5. The SMILES string of the molecule is CCc1noc(CC)c1CNC(=NC)NC1CC1c1c(F)cccc1F. The molecule has 2 unspecified atom stereocenters. The quantitative estimate of drug-likeness (QED) is 0.611. The van der Waals surface area contributed by atoms with E-state index in [0.717, 1.165) is 29.9 Å². The van der Waals surface area contributed by atoms with Crippen LogP contribution in [0.1, 0.15) is 48.8 Å². The number of aromatic nitrogens is 1. The zero-order valence-electron chi connectivity index (χ0n) is 15.3. The highest BCUT2D eigenvalue weighted by Crippen LogP contribution is 2.43. The van der Waals surface area contributed by atoms with Crippen LogP contribution in [-0.4, -0.2) is 24.2 Å². The van der Waals surface area contributed by atoms with E-state index in [2.05, 4.69) is 20.8 Å². The van der Waals surface area contributed by atoms with E-state index in [1.54, 1.807) is 7.05 Å². The molecule has 1 heterocycles. The fourth-order valence-corrected chi connectivity index (χ4v) is 3.22. The van der Waals surface area contributed by atoms with E-state index >= 15 is 0 Å². The Balaban J connectivity index is 1.61. The van der Waals surface area contributed by atoms with E-state index in [1.165, 1.54) is 18.2 Å². The third kappa shape index (κ3) is 3.71. The second-order valence-electron chi connectivity index (χ2n) is 6.39. The van der Waals surface area contributed by atoms with Crippen molar-refractivity contribution in [3.8, 4) is 0 Å². The number of hydrogen-bond donors (Lipinski definition) is 2. The molecule has 0 radical (unpaired) electrons. The van der Waals surface area contributed by atoms with Crippen LogP contribution < -0.4 is 10.6 Å². The van der Waals surface area contributed by atoms with Gasteiger partial charge < -0.3 is 15.2 Å². The topological polar surface area (TPSA) is 62.5 Å². The highest BCUT2D eigenvalue weighted by atomic mass is 19.1. The monoisotopic (exact) mass is 362 g/mol. The molecule has 26 heavy (non-hydrogen) atoms. The number of nitrogens with one attached hydrogen (secondary N) is 2. The van der Waals surface area contributed by atoms with Crippen molar-refractivity contribution >= 4 is 5.96 Å². The Morgan fingerprint density at radius 3 is 2.62 bits per heavy atom. The highest BCUT2D eigenvalue weighted by molar-refractivity contribution is 5.80. The number of benzene rings is 1. The minimum absolute atomic E-state index is 0.0358. The van der Waals surface area contributed by atoms with E-state index in [1.807, 2.05) is 13.8 Å². The summed E-state index contributed by atoms with van der Waals surface area (Å²) in [6, 6.07) is 3.94. The van der Waals surface area contributed by atoms with Gasteiger partial charge in [-0.05, 0) is 25.0 Å². The largest absolute Gasteiger partial charge is 0.361 e. The van der Waals surface area contributed by atoms with Crippen LogP contribution in [0, 0.1) is 11.6 Å². The van der Waals surface area contributed by atoms with Gasteiger partial charge in [0.05, 0.1) is 5.69 Å². The maximum atomic E-state index is 13.9. The van der Waals surface area contributed by atoms with Crippen LogP contribution in [0.3, 0.4) is 0 Å². The zero-order valence-corrected chi connectivity index (χ0v) is 15.3. The molecule has 1 aliphatic carbocycles. The van der Waals surface area contributed by atoms with E-state index in [9.17, 15) is 8.78 Å². The first kappa shape index (κ1) is 18.4. The minimum Gasteiger partial charge on any atom is -0.361 e. The lowest BCUT2D eigenvalue weighted by Crippen LogP contribution is -2.38. The Morgan fingerprint density at radius 2 is 2.00 bits per heavy atom. The molecule has 1 aliphatic rings. The lowest BCUT2D eigenvalue weighted by Gasteiger charge is -2.12. The van der Waals surface area contributed by atoms with Crippen molar-refractivity contribution in [2.75, 3.05) is 7.05 Å². The second kappa shape index (κ2) is 7.85. The van der Waals surface area contributed by atoms with E-state index in [0.29, 0.717) is 18.9 Å². The first-order chi connectivity index (χ1) is 12.6. The van der Waals surface area contributed by atoms with Crippen LogP contribution in [-0.2, 0) is 19.4 Å². The molecule has 3 rings (SSSR count). The standard InChI is InChI=1S/C19H24F2N4O/c1-4-15-12(17(5-2)26-25-15)10-23-19(22-3)24-16-9-11(16)18-13(20)7-6-8-14(18)21/h6-8,11,16H,4-5,9-10H2,1-3H3,(H2,22,23,24). The lowest BCUT2D eigenvalue weighted by atomic mass is 10.1. The van der Waals surface area contributed by atoms with E-state index in [4.69, 9.17) is 4.52 Å². The molecule has 1 aromatic carbocycles. The fourth-order valence-electron chi connectivity index (χ4n) is 3.22. The number of halogens is 2. The molecule has 2 aromatic rings. The van der Waals surface area contributed by atoms with Gasteiger partial charge in [-0.2, -0.15) is 0 Å². The summed E-state index contributed by atoms with van der Waals surface area (Å²) in [5.74, 6) is 0.295. The second-order valence-corrected chi connectivity index (χ2v) is 6.39. The Morgan fingerprint density at radius 1 is 1.27 bits per heavy atom. The van der Waals surface area contributed by atoms with Gasteiger partial charge in [-0.1, -0.05) is 25.1 Å². The van der Waals surface area contributed by atoms with Crippen molar-refractivity contribution in [3.05, 3.63) is 52.4 Å².